The molecule has 0 bridgehead atoms. The van der Waals surface area contributed by atoms with E-state index >= 15 is 0 Å². The SMILES string of the molecule is CC(C)[C@H](C)NC(=O)c1ccccc1C(=O)O. The summed E-state index contributed by atoms with van der Waals surface area (Å²) in [6.07, 6.45) is 0. The Kier molecular flexibility index (Phi) is 4.26. The Morgan fingerprint density at radius 2 is 1.65 bits per heavy atom. The van der Waals surface area contributed by atoms with Gasteiger partial charge in [-0.25, -0.2) is 4.79 Å². The van der Waals surface area contributed by atoms with E-state index in [1.807, 2.05) is 20.8 Å². The first-order valence-corrected chi connectivity index (χ1v) is 5.56. The number of carboxylic acids is 1. The Labute approximate surface area is 101 Å². The summed E-state index contributed by atoms with van der Waals surface area (Å²) in [4.78, 5) is 22.9. The number of carbonyl (C=O) groups excluding carboxylic acids is 1. The predicted octanol–water partition coefficient (Wildman–Crippen LogP) is 2.16. The summed E-state index contributed by atoms with van der Waals surface area (Å²) >= 11 is 0. The average molecular weight is 235 g/mol. The highest BCUT2D eigenvalue weighted by Crippen LogP contribution is 2.10. The second-order valence-electron chi connectivity index (χ2n) is 4.36. The standard InChI is InChI=1S/C13H17NO3/c1-8(2)9(3)14-12(15)10-6-4-5-7-11(10)13(16)17/h4-9H,1-3H3,(H,14,15)(H,16,17)/t9-/m0/s1. The van der Waals surface area contributed by atoms with Gasteiger partial charge in [0.2, 0.25) is 0 Å². The van der Waals surface area contributed by atoms with Gasteiger partial charge < -0.3 is 10.4 Å². The number of hydrogen-bond donors (Lipinski definition) is 2. The zero-order valence-corrected chi connectivity index (χ0v) is 10.2. The maximum absolute atomic E-state index is 11.9. The van der Waals surface area contributed by atoms with Gasteiger partial charge in [-0.3, -0.25) is 4.79 Å². The second kappa shape index (κ2) is 5.48. The summed E-state index contributed by atoms with van der Waals surface area (Å²) in [6.45, 7) is 5.88. The van der Waals surface area contributed by atoms with E-state index in [2.05, 4.69) is 5.32 Å². The Balaban J connectivity index is 2.93. The molecular weight excluding hydrogens is 218 g/mol. The molecule has 0 aliphatic carbocycles. The number of benzene rings is 1. The molecule has 1 atom stereocenters. The first kappa shape index (κ1) is 13.2. The van der Waals surface area contributed by atoms with Crippen LogP contribution in [-0.4, -0.2) is 23.0 Å². The van der Waals surface area contributed by atoms with E-state index in [4.69, 9.17) is 5.11 Å². The summed E-state index contributed by atoms with van der Waals surface area (Å²) in [6, 6.07) is 6.21. The minimum atomic E-state index is -1.09. The van der Waals surface area contributed by atoms with E-state index in [1.54, 1.807) is 12.1 Å². The van der Waals surface area contributed by atoms with Crippen molar-refractivity contribution in [2.24, 2.45) is 5.92 Å². The highest BCUT2D eigenvalue weighted by molar-refractivity contribution is 6.04. The molecule has 1 amide bonds. The maximum Gasteiger partial charge on any atom is 0.336 e. The van der Waals surface area contributed by atoms with E-state index < -0.39 is 5.97 Å². The number of nitrogens with one attached hydrogen (secondary N) is 1. The van der Waals surface area contributed by atoms with Crippen LogP contribution in [0, 0.1) is 5.92 Å². The lowest BCUT2D eigenvalue weighted by Crippen LogP contribution is -2.36. The third-order valence-corrected chi connectivity index (χ3v) is 2.76. The molecule has 0 aliphatic heterocycles. The molecule has 92 valence electrons. The van der Waals surface area contributed by atoms with Crippen molar-refractivity contribution in [3.8, 4) is 0 Å². The van der Waals surface area contributed by atoms with E-state index in [0.717, 1.165) is 0 Å². The Morgan fingerprint density at radius 1 is 1.12 bits per heavy atom. The molecular formula is C13H17NO3. The van der Waals surface area contributed by atoms with Crippen LogP contribution in [0.2, 0.25) is 0 Å². The fraction of sp³-hybridized carbons (Fsp3) is 0.385. The molecule has 0 saturated heterocycles. The van der Waals surface area contributed by atoms with Gasteiger partial charge in [-0.15, -0.1) is 0 Å². The van der Waals surface area contributed by atoms with Crippen LogP contribution in [0.5, 0.6) is 0 Å². The van der Waals surface area contributed by atoms with Gasteiger partial charge in [0.25, 0.3) is 5.91 Å². The van der Waals surface area contributed by atoms with Crippen LogP contribution < -0.4 is 5.32 Å². The fourth-order valence-corrected chi connectivity index (χ4v) is 1.32. The van der Waals surface area contributed by atoms with Gasteiger partial charge in [0, 0.05) is 6.04 Å². The summed E-state index contributed by atoms with van der Waals surface area (Å²) in [5.41, 5.74) is 0.230. The molecule has 1 aromatic carbocycles. The molecule has 4 heteroatoms. The van der Waals surface area contributed by atoms with Crippen molar-refractivity contribution in [3.63, 3.8) is 0 Å². The van der Waals surface area contributed by atoms with Crippen molar-refractivity contribution in [2.75, 3.05) is 0 Å². The predicted molar refractivity (Wildman–Crippen MR) is 65.2 cm³/mol. The Bertz CT molecular complexity index is 426. The van der Waals surface area contributed by atoms with Gasteiger partial charge in [-0.05, 0) is 25.0 Å². The van der Waals surface area contributed by atoms with E-state index in [9.17, 15) is 9.59 Å². The summed E-state index contributed by atoms with van der Waals surface area (Å²) in [7, 11) is 0. The lowest BCUT2D eigenvalue weighted by Gasteiger charge is -2.18. The molecule has 0 unspecified atom stereocenters. The van der Waals surface area contributed by atoms with Crippen molar-refractivity contribution >= 4 is 11.9 Å². The van der Waals surface area contributed by atoms with Crippen LogP contribution in [0.4, 0.5) is 0 Å². The third-order valence-electron chi connectivity index (χ3n) is 2.76. The lowest BCUT2D eigenvalue weighted by atomic mass is 10.0. The monoisotopic (exact) mass is 235 g/mol. The van der Waals surface area contributed by atoms with Crippen molar-refractivity contribution in [1.82, 2.24) is 5.32 Å². The van der Waals surface area contributed by atoms with Gasteiger partial charge in [0.15, 0.2) is 0 Å². The Hall–Kier alpha value is -1.84. The van der Waals surface area contributed by atoms with Crippen LogP contribution in [0.1, 0.15) is 41.5 Å². The molecule has 0 aliphatic rings. The molecule has 2 N–H and O–H groups in total. The summed E-state index contributed by atoms with van der Waals surface area (Å²) in [5.74, 6) is -1.13. The third kappa shape index (κ3) is 3.31. The molecule has 0 radical (unpaired) electrons. The number of aromatic carboxylic acids is 1. The second-order valence-corrected chi connectivity index (χ2v) is 4.36. The first-order valence-electron chi connectivity index (χ1n) is 5.56. The molecule has 4 nitrogen and oxygen atoms in total. The fourth-order valence-electron chi connectivity index (χ4n) is 1.32. The zero-order valence-electron chi connectivity index (χ0n) is 10.2. The van der Waals surface area contributed by atoms with Crippen LogP contribution >= 0.6 is 0 Å². The summed E-state index contributed by atoms with van der Waals surface area (Å²) in [5, 5.41) is 11.8. The number of hydrogen-bond acceptors (Lipinski definition) is 2. The molecule has 0 saturated carbocycles. The van der Waals surface area contributed by atoms with Crippen LogP contribution in [-0.2, 0) is 0 Å². The van der Waals surface area contributed by atoms with E-state index in [1.165, 1.54) is 12.1 Å². The molecule has 0 fully saturated rings. The number of amides is 1. The number of carboxylic acid groups (broad SMARTS) is 1. The van der Waals surface area contributed by atoms with E-state index in [-0.39, 0.29) is 23.1 Å². The molecule has 17 heavy (non-hydrogen) atoms. The van der Waals surface area contributed by atoms with Crippen molar-refractivity contribution in [3.05, 3.63) is 35.4 Å². The quantitative estimate of drug-likeness (QED) is 0.840. The van der Waals surface area contributed by atoms with Crippen LogP contribution in [0.3, 0.4) is 0 Å². The van der Waals surface area contributed by atoms with Gasteiger partial charge >= 0.3 is 5.97 Å². The molecule has 0 spiro atoms. The van der Waals surface area contributed by atoms with Crippen LogP contribution in [0.15, 0.2) is 24.3 Å². The van der Waals surface area contributed by atoms with Gasteiger partial charge in [-0.1, -0.05) is 26.0 Å². The molecule has 0 heterocycles. The zero-order chi connectivity index (χ0) is 13.0. The summed E-state index contributed by atoms with van der Waals surface area (Å²) < 4.78 is 0. The van der Waals surface area contributed by atoms with Crippen molar-refractivity contribution in [2.45, 2.75) is 26.8 Å². The topological polar surface area (TPSA) is 66.4 Å². The van der Waals surface area contributed by atoms with Crippen molar-refractivity contribution < 1.29 is 14.7 Å². The molecule has 0 aromatic heterocycles. The Morgan fingerprint density at radius 3 is 2.12 bits per heavy atom. The van der Waals surface area contributed by atoms with Gasteiger partial charge in [-0.2, -0.15) is 0 Å². The number of rotatable bonds is 4. The molecule has 1 aromatic rings. The van der Waals surface area contributed by atoms with Crippen LogP contribution in [0.25, 0.3) is 0 Å². The maximum atomic E-state index is 11.9. The van der Waals surface area contributed by atoms with E-state index in [0.29, 0.717) is 5.92 Å². The minimum Gasteiger partial charge on any atom is -0.478 e. The highest BCUT2D eigenvalue weighted by Gasteiger charge is 2.18. The molecule has 1 rings (SSSR count). The number of carbonyl (C=O) groups is 2. The van der Waals surface area contributed by atoms with Gasteiger partial charge in [0.1, 0.15) is 0 Å². The average Bonchev–Trinajstić information content (AvgIpc) is 2.28. The lowest BCUT2D eigenvalue weighted by molar-refractivity contribution is 0.0690. The van der Waals surface area contributed by atoms with Gasteiger partial charge in [0.05, 0.1) is 11.1 Å². The van der Waals surface area contributed by atoms with Crippen molar-refractivity contribution in [1.29, 1.82) is 0 Å². The smallest absolute Gasteiger partial charge is 0.336 e. The highest BCUT2D eigenvalue weighted by atomic mass is 16.4. The normalized spacial score (nSPS) is 12.2. The largest absolute Gasteiger partial charge is 0.478 e. The minimum absolute atomic E-state index is 0.00403. The first-order chi connectivity index (χ1) is 7.93.